The fraction of sp³-hybridized carbons (Fsp3) is 0.654. The zero-order valence-electron chi connectivity index (χ0n) is 21.0. The Balaban J connectivity index is 0.000000346. The Hall–Kier alpha value is -2.66. The third kappa shape index (κ3) is 9.79. The molecule has 2 rings (SSSR count). The van der Waals surface area contributed by atoms with E-state index in [2.05, 4.69) is 23.5 Å². The van der Waals surface area contributed by atoms with Crippen molar-refractivity contribution in [2.75, 3.05) is 6.54 Å². The summed E-state index contributed by atoms with van der Waals surface area (Å²) in [7, 11) is 0. The molecular weight excluding hydrogens is 418 g/mol. The molecule has 1 fully saturated rings. The lowest BCUT2D eigenvalue weighted by atomic mass is 9.91. The molecule has 0 spiro atoms. The second-order valence-corrected chi connectivity index (χ2v) is 8.69. The lowest BCUT2D eigenvalue weighted by molar-refractivity contribution is -0.132. The largest absolute Gasteiger partial charge is 0.490 e. The number of carboxylic acid groups (broad SMARTS) is 1. The zero-order chi connectivity index (χ0) is 24.8. The summed E-state index contributed by atoms with van der Waals surface area (Å²) in [6, 6.07) is 0. The fourth-order valence-electron chi connectivity index (χ4n) is 3.62. The van der Waals surface area contributed by atoms with E-state index < -0.39 is 5.97 Å². The monoisotopic (exact) mass is 460 g/mol. The van der Waals surface area contributed by atoms with Crippen molar-refractivity contribution in [3.8, 4) is 0 Å². The predicted molar refractivity (Wildman–Crippen MR) is 136 cm³/mol. The summed E-state index contributed by atoms with van der Waals surface area (Å²) < 4.78 is 10.1. The minimum absolute atomic E-state index is 0.00260. The minimum Gasteiger partial charge on any atom is -0.477 e. The van der Waals surface area contributed by atoms with E-state index >= 15 is 0 Å². The van der Waals surface area contributed by atoms with Gasteiger partial charge in [0.25, 0.3) is 6.21 Å². The summed E-state index contributed by atoms with van der Waals surface area (Å²) in [5.41, 5.74) is 7.90. The van der Waals surface area contributed by atoms with E-state index in [1.807, 2.05) is 26.8 Å². The van der Waals surface area contributed by atoms with Crippen LogP contribution < -0.4 is 10.4 Å². The van der Waals surface area contributed by atoms with Crippen LogP contribution in [0, 0.1) is 5.92 Å². The molecule has 1 heterocycles. The number of carbonyl (C=O) groups excluding carboxylic acids is 1. The molecule has 1 saturated carbocycles. The highest BCUT2D eigenvalue weighted by molar-refractivity contribution is 6.07. The summed E-state index contributed by atoms with van der Waals surface area (Å²) >= 11 is 0. The number of carboxylic acids is 1. The van der Waals surface area contributed by atoms with Crippen molar-refractivity contribution < 1.29 is 19.4 Å². The third-order valence-electron chi connectivity index (χ3n) is 5.94. The summed E-state index contributed by atoms with van der Waals surface area (Å²) in [5.74, 6) is -0.208. The van der Waals surface area contributed by atoms with Gasteiger partial charge in [-0.3, -0.25) is 9.79 Å². The van der Waals surface area contributed by atoms with Gasteiger partial charge in [-0.15, -0.1) is 0 Å². The lowest BCUT2D eigenvalue weighted by Gasteiger charge is -2.18. The molecule has 3 N–H and O–H groups in total. The van der Waals surface area contributed by atoms with Crippen molar-refractivity contribution in [2.24, 2.45) is 16.6 Å². The molecule has 7 nitrogen and oxygen atoms in total. The van der Waals surface area contributed by atoms with Gasteiger partial charge in [-0.25, -0.2) is 4.79 Å². The van der Waals surface area contributed by atoms with Crippen molar-refractivity contribution in [3.63, 3.8) is 0 Å². The molecule has 184 valence electrons. The van der Waals surface area contributed by atoms with E-state index in [0.717, 1.165) is 43.6 Å². The number of aliphatic imine (C=N–C) groups is 1. The number of ketones is 1. The number of hydrogen-bond acceptors (Lipinski definition) is 5. The first-order valence-electron chi connectivity index (χ1n) is 12.3. The number of hydrogen-bond donors (Lipinski definition) is 2. The van der Waals surface area contributed by atoms with Crippen LogP contribution in [0.1, 0.15) is 92.4 Å². The molecule has 2 aliphatic rings. The third-order valence-corrected chi connectivity index (χ3v) is 5.94. The smallest absolute Gasteiger partial charge is 0.477 e. The number of aliphatic carboxylic acids is 1. The van der Waals surface area contributed by atoms with Gasteiger partial charge in [0, 0.05) is 23.3 Å². The first-order chi connectivity index (χ1) is 15.7. The number of nitrogens with two attached hydrogens (primary N) is 1. The van der Waals surface area contributed by atoms with Crippen molar-refractivity contribution >= 4 is 29.6 Å². The quantitative estimate of drug-likeness (QED) is 0.371. The molecule has 0 aromatic rings. The maximum Gasteiger partial charge on any atom is 0.490 e. The van der Waals surface area contributed by atoms with Gasteiger partial charge in [-0.2, -0.15) is 0 Å². The van der Waals surface area contributed by atoms with E-state index in [1.54, 1.807) is 6.21 Å². The van der Waals surface area contributed by atoms with Gasteiger partial charge in [0.05, 0.1) is 12.1 Å². The molecule has 1 aliphatic carbocycles. The Morgan fingerprint density at radius 3 is 2.33 bits per heavy atom. The van der Waals surface area contributed by atoms with E-state index in [-0.39, 0.29) is 23.9 Å². The average Bonchev–Trinajstić information content (AvgIpc) is 3.21. The molecule has 0 saturated heterocycles. The molecule has 1 aliphatic heterocycles. The van der Waals surface area contributed by atoms with Gasteiger partial charge in [-0.1, -0.05) is 40.5 Å². The number of carbonyl (C=O) groups is 2. The van der Waals surface area contributed by atoms with E-state index in [1.165, 1.54) is 12.8 Å². The number of rotatable bonds is 10. The Morgan fingerprint density at radius 1 is 1.18 bits per heavy atom. The highest BCUT2D eigenvalue weighted by atomic mass is 16.5. The van der Waals surface area contributed by atoms with E-state index in [9.17, 15) is 9.59 Å². The van der Waals surface area contributed by atoms with Crippen LogP contribution in [0.25, 0.3) is 0 Å². The van der Waals surface area contributed by atoms with Crippen molar-refractivity contribution in [3.05, 3.63) is 22.9 Å². The highest BCUT2D eigenvalue weighted by Gasteiger charge is 2.23. The molecule has 1 atom stereocenters. The summed E-state index contributed by atoms with van der Waals surface area (Å²) in [6.45, 7) is 10.4. The Bertz CT molecular complexity index is 826. The summed E-state index contributed by atoms with van der Waals surface area (Å²) in [6.07, 6.45) is 12.8. The van der Waals surface area contributed by atoms with Crippen LogP contribution in [0.3, 0.4) is 0 Å². The second kappa shape index (κ2) is 15.2. The molecule has 33 heavy (non-hydrogen) atoms. The van der Waals surface area contributed by atoms with Crippen molar-refractivity contribution in [1.82, 2.24) is 4.67 Å². The second-order valence-electron chi connectivity index (χ2n) is 8.69. The summed E-state index contributed by atoms with van der Waals surface area (Å²) in [5, 5.41) is 8.95. The maximum atomic E-state index is 11.8. The number of Topliss-reactive ketones (excluding diaryl/α,β-unsaturated/α-hetero) is 1. The minimum atomic E-state index is -1.11. The number of ether oxygens (including phenoxy) is 1. The molecule has 0 aromatic heterocycles. The van der Waals surface area contributed by atoms with Gasteiger partial charge >= 0.3 is 11.9 Å². The van der Waals surface area contributed by atoms with Crippen LogP contribution in [-0.4, -0.2) is 47.3 Å². The van der Waals surface area contributed by atoms with E-state index in [0.29, 0.717) is 30.2 Å². The molecule has 7 heteroatoms. The van der Waals surface area contributed by atoms with Crippen LogP contribution in [0.4, 0.5) is 0 Å². The zero-order valence-corrected chi connectivity index (χ0v) is 21.0. The Labute approximate surface area is 198 Å². The standard InChI is InChI=1S/C14H22N2O3.C12H20NO/c1-3-9(2)12(17)8-16-11-7-5-4-6-10(11)13(15)14(18)19;1-4-6-11(7-5-2)14-12-10(3)8-9-13-12/h9H,3-8,15H2,1-2H3,(H,18,19);8-9,11H,4-7H2,1-3H3/q;+1/b13-10-,16-11?;. The van der Waals surface area contributed by atoms with Crippen LogP contribution in [0.5, 0.6) is 0 Å². The normalized spacial score (nSPS) is 18.9. The maximum absolute atomic E-state index is 11.8. The first kappa shape index (κ1) is 28.4. The Morgan fingerprint density at radius 2 is 1.82 bits per heavy atom. The molecule has 0 aromatic carbocycles. The van der Waals surface area contributed by atoms with Crippen LogP contribution >= 0.6 is 0 Å². The lowest BCUT2D eigenvalue weighted by Crippen LogP contribution is -2.22. The number of nitrogens with zero attached hydrogens (tertiary/aromatic N) is 2. The molecule has 1 unspecified atom stereocenters. The molecule has 0 amide bonds. The van der Waals surface area contributed by atoms with Crippen LogP contribution in [0.2, 0.25) is 0 Å². The SMILES string of the molecule is CCC(C)C(=O)CN=C1CCCC/C1=C(/N)C(=O)O.CCCC(CCC)OC1=[N+]=CC=C1C. The van der Waals surface area contributed by atoms with E-state index in [4.69, 9.17) is 15.6 Å². The van der Waals surface area contributed by atoms with Gasteiger partial charge in [0.2, 0.25) is 0 Å². The summed E-state index contributed by atoms with van der Waals surface area (Å²) in [4.78, 5) is 27.0. The van der Waals surface area contributed by atoms with Gasteiger partial charge in [-0.05, 0) is 56.5 Å². The van der Waals surface area contributed by atoms with Gasteiger partial charge in [0.1, 0.15) is 11.8 Å². The van der Waals surface area contributed by atoms with Crippen LogP contribution in [0.15, 0.2) is 27.9 Å². The van der Waals surface area contributed by atoms with Crippen molar-refractivity contribution in [2.45, 2.75) is 98.5 Å². The average molecular weight is 461 g/mol. The Kier molecular flexibility index (Phi) is 13.1. The first-order valence-corrected chi connectivity index (χ1v) is 12.3. The topological polar surface area (TPSA) is 116 Å². The predicted octanol–water partition coefficient (Wildman–Crippen LogP) is 4.38. The van der Waals surface area contributed by atoms with Crippen LogP contribution in [-0.2, 0) is 14.3 Å². The van der Waals surface area contributed by atoms with Gasteiger partial charge in [0.15, 0.2) is 5.78 Å². The highest BCUT2D eigenvalue weighted by Crippen LogP contribution is 2.23. The fourth-order valence-corrected chi connectivity index (χ4v) is 3.62. The molecular formula is C26H42N3O4+. The van der Waals surface area contributed by atoms with Crippen molar-refractivity contribution in [1.29, 1.82) is 0 Å². The molecule has 0 bridgehead atoms. The molecule has 0 radical (unpaired) electrons. The number of allylic oxidation sites excluding steroid dienone is 2. The van der Waals surface area contributed by atoms with Gasteiger partial charge < -0.3 is 15.6 Å².